The average molecular weight is 293 g/mol. The molecule has 0 heterocycles. The summed E-state index contributed by atoms with van der Waals surface area (Å²) in [5.74, 6) is -0.849. The van der Waals surface area contributed by atoms with Crippen molar-refractivity contribution in [2.24, 2.45) is 0 Å². The number of hydrogen-bond acceptors (Lipinski definition) is 3. The lowest BCUT2D eigenvalue weighted by atomic mass is 10.1. The number of carboxylic acid groups (broad SMARTS) is 1. The van der Waals surface area contributed by atoms with Crippen molar-refractivity contribution in [2.75, 3.05) is 25.0 Å². The van der Waals surface area contributed by atoms with E-state index in [0.717, 1.165) is 25.1 Å². The topological polar surface area (TPSA) is 90.5 Å². The fraction of sp³-hybridized carbons (Fsp3) is 0.467. The number of urea groups is 1. The molecule has 0 aliphatic carbocycles. The lowest BCUT2D eigenvalue weighted by Gasteiger charge is -2.11. The lowest BCUT2D eigenvalue weighted by Crippen LogP contribution is -2.31. The number of aliphatic carboxylic acids is 1. The number of carbonyl (C=O) groups excluding carboxylic acids is 1. The quantitative estimate of drug-likeness (QED) is 0.523. The molecule has 1 aromatic carbocycles. The van der Waals surface area contributed by atoms with Crippen LogP contribution in [0.3, 0.4) is 0 Å². The van der Waals surface area contributed by atoms with Gasteiger partial charge in [0.15, 0.2) is 0 Å². The zero-order valence-electron chi connectivity index (χ0n) is 12.3. The minimum absolute atomic E-state index is 0.0446. The standard InChI is InChI=1S/C15H23N3O3/c1-2-16-10-5-11-17-15(21)18-13-7-4-3-6-12(13)8-9-14(19)20/h3-4,6-7,16H,2,5,8-11H2,1H3,(H,19,20)(H2,17,18,21). The Morgan fingerprint density at radius 1 is 1.19 bits per heavy atom. The van der Waals surface area contributed by atoms with Gasteiger partial charge in [-0.15, -0.1) is 0 Å². The molecule has 1 aromatic rings. The molecule has 0 fully saturated rings. The monoisotopic (exact) mass is 293 g/mol. The highest BCUT2D eigenvalue weighted by atomic mass is 16.4. The molecule has 0 radical (unpaired) electrons. The number of amides is 2. The van der Waals surface area contributed by atoms with Gasteiger partial charge in [0.1, 0.15) is 0 Å². The van der Waals surface area contributed by atoms with Crippen molar-refractivity contribution in [1.29, 1.82) is 0 Å². The molecule has 1 rings (SSSR count). The third-order valence-electron chi connectivity index (χ3n) is 2.94. The number of nitrogens with one attached hydrogen (secondary N) is 3. The summed E-state index contributed by atoms with van der Waals surface area (Å²) < 4.78 is 0. The molecular weight excluding hydrogens is 270 g/mol. The largest absolute Gasteiger partial charge is 0.481 e. The van der Waals surface area contributed by atoms with E-state index in [0.29, 0.717) is 18.7 Å². The number of benzene rings is 1. The van der Waals surface area contributed by atoms with Crippen LogP contribution in [0.4, 0.5) is 10.5 Å². The van der Waals surface area contributed by atoms with E-state index < -0.39 is 5.97 Å². The van der Waals surface area contributed by atoms with E-state index in [2.05, 4.69) is 16.0 Å². The van der Waals surface area contributed by atoms with Crippen molar-refractivity contribution < 1.29 is 14.7 Å². The van der Waals surface area contributed by atoms with Crippen LogP contribution >= 0.6 is 0 Å². The van der Waals surface area contributed by atoms with Gasteiger partial charge in [-0.2, -0.15) is 0 Å². The highest BCUT2D eigenvalue weighted by Gasteiger charge is 2.07. The first-order valence-electron chi connectivity index (χ1n) is 7.18. The molecule has 0 unspecified atom stereocenters. The van der Waals surface area contributed by atoms with Crippen LogP contribution < -0.4 is 16.0 Å². The van der Waals surface area contributed by atoms with Crippen LogP contribution in [-0.4, -0.2) is 36.7 Å². The number of anilines is 1. The first-order valence-corrected chi connectivity index (χ1v) is 7.18. The van der Waals surface area contributed by atoms with Gasteiger partial charge in [-0.05, 0) is 37.6 Å². The second kappa shape index (κ2) is 9.77. The molecule has 2 amide bonds. The summed E-state index contributed by atoms with van der Waals surface area (Å²) in [6.07, 6.45) is 1.30. The zero-order valence-corrected chi connectivity index (χ0v) is 12.3. The normalized spacial score (nSPS) is 10.1. The van der Waals surface area contributed by atoms with Crippen LogP contribution in [0.15, 0.2) is 24.3 Å². The average Bonchev–Trinajstić information content (AvgIpc) is 2.46. The Kier molecular flexibility index (Phi) is 7.89. The van der Waals surface area contributed by atoms with Gasteiger partial charge >= 0.3 is 12.0 Å². The Balaban J connectivity index is 2.42. The van der Waals surface area contributed by atoms with Gasteiger partial charge in [-0.3, -0.25) is 4.79 Å². The summed E-state index contributed by atoms with van der Waals surface area (Å²) in [6, 6.07) is 6.97. The molecule has 0 saturated heterocycles. The van der Waals surface area contributed by atoms with Gasteiger partial charge in [0, 0.05) is 18.7 Å². The minimum atomic E-state index is -0.849. The van der Waals surface area contributed by atoms with E-state index >= 15 is 0 Å². The molecule has 0 aliphatic heterocycles. The Bertz CT molecular complexity index is 463. The van der Waals surface area contributed by atoms with E-state index in [1.54, 1.807) is 6.07 Å². The first-order chi connectivity index (χ1) is 10.1. The molecule has 6 nitrogen and oxygen atoms in total. The van der Waals surface area contributed by atoms with Crippen molar-refractivity contribution in [3.05, 3.63) is 29.8 Å². The van der Waals surface area contributed by atoms with Crippen molar-refractivity contribution >= 4 is 17.7 Å². The summed E-state index contributed by atoms with van der Waals surface area (Å²) in [4.78, 5) is 22.4. The smallest absolute Gasteiger partial charge is 0.319 e. The molecule has 0 atom stereocenters. The molecule has 116 valence electrons. The van der Waals surface area contributed by atoms with Crippen LogP contribution in [-0.2, 0) is 11.2 Å². The Morgan fingerprint density at radius 2 is 1.95 bits per heavy atom. The van der Waals surface area contributed by atoms with Crippen LogP contribution in [0.25, 0.3) is 0 Å². The SMILES string of the molecule is CCNCCCNC(=O)Nc1ccccc1CCC(=O)O. The molecule has 4 N–H and O–H groups in total. The molecule has 21 heavy (non-hydrogen) atoms. The van der Waals surface area contributed by atoms with Crippen LogP contribution in [0.5, 0.6) is 0 Å². The summed E-state index contributed by atoms with van der Waals surface area (Å²) in [5, 5.41) is 17.4. The van der Waals surface area contributed by atoms with Crippen LogP contribution in [0, 0.1) is 0 Å². The van der Waals surface area contributed by atoms with E-state index in [4.69, 9.17) is 5.11 Å². The molecular formula is C15H23N3O3. The predicted octanol–water partition coefficient (Wildman–Crippen LogP) is 1.82. The zero-order chi connectivity index (χ0) is 15.5. The number of carboxylic acids is 1. The fourth-order valence-electron chi connectivity index (χ4n) is 1.86. The fourth-order valence-corrected chi connectivity index (χ4v) is 1.86. The number of carbonyl (C=O) groups is 2. The number of aryl methyl sites for hydroxylation is 1. The third-order valence-corrected chi connectivity index (χ3v) is 2.94. The molecule has 0 aromatic heterocycles. The van der Waals surface area contributed by atoms with Crippen LogP contribution in [0.2, 0.25) is 0 Å². The summed E-state index contributed by atoms with van der Waals surface area (Å²) in [7, 11) is 0. The highest BCUT2D eigenvalue weighted by Crippen LogP contribution is 2.16. The maximum absolute atomic E-state index is 11.8. The molecule has 0 spiro atoms. The number of para-hydroxylation sites is 1. The number of rotatable bonds is 9. The van der Waals surface area contributed by atoms with Gasteiger partial charge in [0.25, 0.3) is 0 Å². The second-order valence-corrected chi connectivity index (χ2v) is 4.64. The Hall–Kier alpha value is -2.08. The maximum Gasteiger partial charge on any atom is 0.319 e. The van der Waals surface area contributed by atoms with Gasteiger partial charge in [-0.25, -0.2) is 4.79 Å². The number of hydrogen-bond donors (Lipinski definition) is 4. The van der Waals surface area contributed by atoms with Gasteiger partial charge in [0.2, 0.25) is 0 Å². The summed E-state index contributed by atoms with van der Waals surface area (Å²) in [5.41, 5.74) is 1.48. The van der Waals surface area contributed by atoms with E-state index in [1.807, 2.05) is 25.1 Å². The molecule has 0 bridgehead atoms. The van der Waals surface area contributed by atoms with Crippen molar-refractivity contribution in [3.8, 4) is 0 Å². The highest BCUT2D eigenvalue weighted by molar-refractivity contribution is 5.90. The van der Waals surface area contributed by atoms with Crippen molar-refractivity contribution in [3.63, 3.8) is 0 Å². The van der Waals surface area contributed by atoms with Crippen LogP contribution in [0.1, 0.15) is 25.3 Å². The molecule has 0 aliphatic rings. The maximum atomic E-state index is 11.8. The molecule has 0 saturated carbocycles. The van der Waals surface area contributed by atoms with Gasteiger partial charge in [0.05, 0.1) is 0 Å². The second-order valence-electron chi connectivity index (χ2n) is 4.64. The molecule has 6 heteroatoms. The third kappa shape index (κ3) is 7.31. The lowest BCUT2D eigenvalue weighted by molar-refractivity contribution is -0.136. The van der Waals surface area contributed by atoms with E-state index in [1.165, 1.54) is 0 Å². The first kappa shape index (κ1) is 17.0. The predicted molar refractivity (Wildman–Crippen MR) is 82.6 cm³/mol. The summed E-state index contributed by atoms with van der Waals surface area (Å²) >= 11 is 0. The van der Waals surface area contributed by atoms with Gasteiger partial charge in [-0.1, -0.05) is 25.1 Å². The van der Waals surface area contributed by atoms with Gasteiger partial charge < -0.3 is 21.1 Å². The summed E-state index contributed by atoms with van der Waals surface area (Å²) in [6.45, 7) is 4.42. The Labute approximate surface area is 124 Å². The minimum Gasteiger partial charge on any atom is -0.481 e. The van der Waals surface area contributed by atoms with E-state index in [9.17, 15) is 9.59 Å². The van der Waals surface area contributed by atoms with E-state index in [-0.39, 0.29) is 12.5 Å². The van der Waals surface area contributed by atoms with Crippen molar-refractivity contribution in [1.82, 2.24) is 10.6 Å². The Morgan fingerprint density at radius 3 is 2.67 bits per heavy atom. The van der Waals surface area contributed by atoms with Crippen molar-refractivity contribution in [2.45, 2.75) is 26.2 Å².